The quantitative estimate of drug-likeness (QED) is 0.257. The highest BCUT2D eigenvalue weighted by Gasteiger charge is 2.34. The lowest BCUT2D eigenvalue weighted by molar-refractivity contribution is -0.136. The molecule has 2 aromatic carbocycles. The number of carboxylic acids is 1. The highest BCUT2D eigenvalue weighted by molar-refractivity contribution is 8.00. The van der Waals surface area contributed by atoms with Gasteiger partial charge in [0.15, 0.2) is 0 Å². The van der Waals surface area contributed by atoms with Crippen LogP contribution in [-0.4, -0.2) is 48.5 Å². The van der Waals surface area contributed by atoms with Crippen LogP contribution >= 0.6 is 11.8 Å². The topological polar surface area (TPSA) is 116 Å². The van der Waals surface area contributed by atoms with Gasteiger partial charge in [-0.1, -0.05) is 32.9 Å². The minimum Gasteiger partial charge on any atom is -0.481 e. The number of sulfonamides is 1. The number of thioether (sulfide) groups is 1. The first-order valence-corrected chi connectivity index (χ1v) is 15.6. The van der Waals surface area contributed by atoms with Crippen LogP contribution in [0.1, 0.15) is 58.4 Å². The van der Waals surface area contributed by atoms with Crippen molar-refractivity contribution in [1.82, 2.24) is 9.62 Å². The lowest BCUT2D eigenvalue weighted by atomic mass is 9.71. The van der Waals surface area contributed by atoms with Crippen LogP contribution in [0.25, 0.3) is 0 Å². The third-order valence-corrected chi connectivity index (χ3v) is 9.40. The predicted octanol–water partition coefficient (Wildman–Crippen LogP) is 6.69. The monoisotopic (exact) mass is 615 g/mol. The summed E-state index contributed by atoms with van der Waals surface area (Å²) in [6.45, 7) is 6.58. The molecule has 0 bridgehead atoms. The Bertz CT molecular complexity index is 1290. The van der Waals surface area contributed by atoms with E-state index in [1.807, 2.05) is 0 Å². The minimum atomic E-state index is -4.41. The van der Waals surface area contributed by atoms with Crippen molar-refractivity contribution >= 4 is 39.5 Å². The smallest absolute Gasteiger partial charge is 0.446 e. The predicted molar refractivity (Wildman–Crippen MR) is 152 cm³/mol. The van der Waals surface area contributed by atoms with Gasteiger partial charge in [0.25, 0.3) is 0 Å². The second-order valence-electron chi connectivity index (χ2n) is 11.2. The summed E-state index contributed by atoms with van der Waals surface area (Å²) < 4.78 is 65.2. The van der Waals surface area contributed by atoms with Crippen LogP contribution in [0.5, 0.6) is 0 Å². The molecule has 2 aromatic rings. The second-order valence-corrected chi connectivity index (χ2v) is 14.1. The SMILES string of the molecule is CC(C)(C)C1CCC(N(Cc2ccc(S(=O)(=O)NCCC(=O)O)cc2)C(=O)Nc2ccc(SC(F)(F)F)cc2)CC1. The standard InChI is InChI=1S/C28H36F3N3O5S2/c1-27(2,3)20-6-10-22(11-7-20)34(26(37)33-21-8-12-23(13-9-21)40-28(29,30)31)18-19-4-14-24(15-5-19)41(38,39)32-17-16-25(35)36/h4-5,8-9,12-15,20,22,32H,6-7,10-11,16-18H2,1-3H3,(H,33,37)(H,35,36). The van der Waals surface area contributed by atoms with Gasteiger partial charge >= 0.3 is 17.5 Å². The lowest BCUT2D eigenvalue weighted by Gasteiger charge is -2.41. The Labute approximate surface area is 243 Å². The Balaban J connectivity index is 1.75. The van der Waals surface area contributed by atoms with Crippen molar-refractivity contribution in [3.05, 3.63) is 54.1 Å². The number of carbonyl (C=O) groups excluding carboxylic acids is 1. The molecule has 0 radical (unpaired) electrons. The number of hydrogen-bond acceptors (Lipinski definition) is 5. The Kier molecular flexibility index (Phi) is 10.8. The zero-order chi connectivity index (χ0) is 30.4. The summed E-state index contributed by atoms with van der Waals surface area (Å²) in [6.07, 6.45) is 3.12. The molecule has 226 valence electrons. The lowest BCUT2D eigenvalue weighted by Crippen LogP contribution is -2.45. The molecule has 13 heteroatoms. The summed E-state index contributed by atoms with van der Waals surface area (Å²) in [7, 11) is -3.89. The normalized spacial score (nSPS) is 18.1. The zero-order valence-electron chi connectivity index (χ0n) is 23.2. The number of alkyl halides is 3. The van der Waals surface area contributed by atoms with Crippen LogP contribution in [0.2, 0.25) is 0 Å². The summed E-state index contributed by atoms with van der Waals surface area (Å²) >= 11 is -0.227. The number of rotatable bonds is 10. The van der Waals surface area contributed by atoms with Gasteiger partial charge in [-0.15, -0.1) is 0 Å². The summed E-state index contributed by atoms with van der Waals surface area (Å²) in [5, 5.41) is 11.5. The van der Waals surface area contributed by atoms with E-state index in [4.69, 9.17) is 5.11 Å². The van der Waals surface area contributed by atoms with Gasteiger partial charge in [-0.05, 0) is 90.7 Å². The third-order valence-electron chi connectivity index (χ3n) is 7.18. The fourth-order valence-electron chi connectivity index (χ4n) is 4.90. The molecule has 0 saturated heterocycles. The number of hydrogen-bond donors (Lipinski definition) is 3. The maximum Gasteiger partial charge on any atom is 0.446 e. The van der Waals surface area contributed by atoms with E-state index in [1.54, 1.807) is 17.0 Å². The van der Waals surface area contributed by atoms with Gasteiger partial charge in [0, 0.05) is 29.7 Å². The van der Waals surface area contributed by atoms with Crippen molar-refractivity contribution in [2.75, 3.05) is 11.9 Å². The molecule has 0 aliphatic heterocycles. The van der Waals surface area contributed by atoms with Gasteiger partial charge in [0.1, 0.15) is 0 Å². The molecule has 2 amide bonds. The van der Waals surface area contributed by atoms with Crippen molar-refractivity contribution in [2.24, 2.45) is 11.3 Å². The molecule has 0 spiro atoms. The number of anilines is 1. The average molecular weight is 616 g/mol. The number of carboxylic acid groups (broad SMARTS) is 1. The molecular formula is C28H36F3N3O5S2. The van der Waals surface area contributed by atoms with Gasteiger partial charge in [-0.2, -0.15) is 13.2 Å². The maximum absolute atomic E-state index is 13.5. The van der Waals surface area contributed by atoms with E-state index < -0.39 is 27.5 Å². The number of aliphatic carboxylic acids is 1. The van der Waals surface area contributed by atoms with Crippen LogP contribution in [-0.2, 0) is 21.4 Å². The highest BCUT2D eigenvalue weighted by atomic mass is 32.2. The van der Waals surface area contributed by atoms with Crippen LogP contribution in [0, 0.1) is 11.3 Å². The molecule has 0 aromatic heterocycles. The average Bonchev–Trinajstić information content (AvgIpc) is 2.87. The fourth-order valence-corrected chi connectivity index (χ4v) is 6.47. The second kappa shape index (κ2) is 13.5. The van der Waals surface area contributed by atoms with E-state index in [9.17, 15) is 31.2 Å². The first-order valence-electron chi connectivity index (χ1n) is 13.3. The van der Waals surface area contributed by atoms with E-state index >= 15 is 0 Å². The molecule has 41 heavy (non-hydrogen) atoms. The molecule has 3 rings (SSSR count). The minimum absolute atomic E-state index is 0.0142. The first kappa shape index (κ1) is 32.7. The van der Waals surface area contributed by atoms with Crippen molar-refractivity contribution in [1.29, 1.82) is 0 Å². The Morgan fingerprint density at radius 1 is 0.976 bits per heavy atom. The number of amides is 2. The van der Waals surface area contributed by atoms with E-state index in [0.29, 0.717) is 17.2 Å². The molecule has 8 nitrogen and oxygen atoms in total. The summed E-state index contributed by atoms with van der Waals surface area (Å²) in [5.41, 5.74) is -3.20. The number of nitrogens with zero attached hydrogens (tertiary/aromatic N) is 1. The van der Waals surface area contributed by atoms with Crippen LogP contribution in [0.15, 0.2) is 58.3 Å². The molecule has 1 aliphatic rings. The van der Waals surface area contributed by atoms with E-state index in [2.05, 4.69) is 30.8 Å². The molecule has 0 heterocycles. The zero-order valence-corrected chi connectivity index (χ0v) is 24.8. The number of urea groups is 1. The largest absolute Gasteiger partial charge is 0.481 e. The molecule has 1 saturated carbocycles. The number of nitrogens with one attached hydrogen (secondary N) is 2. The Morgan fingerprint density at radius 3 is 2.07 bits per heavy atom. The van der Waals surface area contributed by atoms with Crippen LogP contribution in [0.3, 0.4) is 0 Å². The molecule has 0 atom stereocenters. The van der Waals surface area contributed by atoms with Crippen LogP contribution < -0.4 is 10.0 Å². The number of halogens is 3. The Morgan fingerprint density at radius 2 is 1.56 bits per heavy atom. The third kappa shape index (κ3) is 10.2. The van der Waals surface area contributed by atoms with Gasteiger partial charge < -0.3 is 15.3 Å². The molecule has 1 aliphatic carbocycles. The molecular weight excluding hydrogens is 579 g/mol. The van der Waals surface area contributed by atoms with Gasteiger partial charge in [0.2, 0.25) is 10.0 Å². The van der Waals surface area contributed by atoms with Gasteiger partial charge in [-0.3, -0.25) is 4.79 Å². The summed E-state index contributed by atoms with van der Waals surface area (Å²) in [5.74, 6) is -0.602. The van der Waals surface area contributed by atoms with Gasteiger partial charge in [0.05, 0.1) is 11.3 Å². The highest BCUT2D eigenvalue weighted by Crippen LogP contribution is 2.40. The Hall–Kier alpha value is -2.77. The first-order chi connectivity index (χ1) is 19.0. The van der Waals surface area contributed by atoms with Crippen molar-refractivity contribution in [3.63, 3.8) is 0 Å². The van der Waals surface area contributed by atoms with Crippen LogP contribution in [0.4, 0.5) is 23.7 Å². The number of carbonyl (C=O) groups is 2. The summed E-state index contributed by atoms with van der Waals surface area (Å²) in [6, 6.07) is 11.0. The van der Waals surface area contributed by atoms with Crippen molar-refractivity contribution in [3.8, 4) is 0 Å². The number of benzene rings is 2. The van der Waals surface area contributed by atoms with E-state index in [0.717, 1.165) is 25.7 Å². The molecule has 0 unspecified atom stereocenters. The van der Waals surface area contributed by atoms with E-state index in [1.165, 1.54) is 36.4 Å². The fraction of sp³-hybridized carbons (Fsp3) is 0.500. The summed E-state index contributed by atoms with van der Waals surface area (Å²) in [4.78, 5) is 25.9. The molecule has 3 N–H and O–H groups in total. The molecule has 1 fully saturated rings. The maximum atomic E-state index is 13.5. The van der Waals surface area contributed by atoms with Crippen molar-refractivity contribution < 1.29 is 36.3 Å². The van der Waals surface area contributed by atoms with E-state index in [-0.39, 0.29) is 52.5 Å². The van der Waals surface area contributed by atoms with Gasteiger partial charge in [-0.25, -0.2) is 17.9 Å². The van der Waals surface area contributed by atoms with Crippen molar-refractivity contribution in [2.45, 2.75) is 80.8 Å².